The van der Waals surface area contributed by atoms with E-state index in [9.17, 15) is 9.00 Å². The molecule has 0 saturated heterocycles. The second-order valence-corrected chi connectivity index (χ2v) is 5.39. The summed E-state index contributed by atoms with van der Waals surface area (Å²) in [4.78, 5) is 14.7. The minimum absolute atomic E-state index is 0.0689. The van der Waals surface area contributed by atoms with Gasteiger partial charge in [0, 0.05) is 41.2 Å². The number of aromatic carboxylic acids is 1. The third kappa shape index (κ3) is 4.52. The molecule has 0 bridgehead atoms. The highest BCUT2D eigenvalue weighted by molar-refractivity contribution is 7.84. The summed E-state index contributed by atoms with van der Waals surface area (Å²) in [5, 5.41) is 12.1. The van der Waals surface area contributed by atoms with Gasteiger partial charge < -0.3 is 10.4 Å². The summed E-state index contributed by atoms with van der Waals surface area (Å²) < 4.78 is 11.0. The van der Waals surface area contributed by atoms with E-state index in [4.69, 9.17) is 5.11 Å². The molecule has 0 aliphatic carbocycles. The molecule has 0 fully saturated rings. The molecule has 2 atom stereocenters. The zero-order valence-corrected chi connectivity index (χ0v) is 10.7. The lowest BCUT2D eigenvalue weighted by Gasteiger charge is -2.15. The highest BCUT2D eigenvalue weighted by Gasteiger charge is 2.11. The van der Waals surface area contributed by atoms with E-state index in [2.05, 4.69) is 10.3 Å². The minimum Gasteiger partial charge on any atom is -0.478 e. The van der Waals surface area contributed by atoms with E-state index < -0.39 is 16.8 Å². The highest BCUT2D eigenvalue weighted by atomic mass is 32.2. The Kier molecular flexibility index (Phi) is 5.09. The van der Waals surface area contributed by atoms with Gasteiger partial charge in [0.15, 0.2) is 0 Å². The van der Waals surface area contributed by atoms with E-state index in [1.54, 1.807) is 18.5 Å². The van der Waals surface area contributed by atoms with E-state index in [1.807, 2.05) is 6.92 Å². The third-order valence-electron chi connectivity index (χ3n) is 2.29. The number of aromatic nitrogens is 1. The van der Waals surface area contributed by atoms with E-state index in [0.29, 0.717) is 11.4 Å². The predicted molar refractivity (Wildman–Crippen MR) is 67.8 cm³/mol. The molecule has 1 rings (SSSR count). The van der Waals surface area contributed by atoms with Crippen molar-refractivity contribution in [1.82, 2.24) is 4.98 Å². The van der Waals surface area contributed by atoms with E-state index in [0.717, 1.165) is 6.42 Å². The monoisotopic (exact) mass is 256 g/mol. The zero-order valence-electron chi connectivity index (χ0n) is 9.84. The van der Waals surface area contributed by atoms with Gasteiger partial charge in [-0.25, -0.2) is 4.79 Å². The average Bonchev–Trinajstić information content (AvgIpc) is 2.27. The number of anilines is 1. The van der Waals surface area contributed by atoms with Crippen LogP contribution in [-0.4, -0.2) is 38.3 Å². The van der Waals surface area contributed by atoms with Crippen LogP contribution in [0.25, 0.3) is 0 Å². The Morgan fingerprint density at radius 1 is 1.65 bits per heavy atom. The SMILES string of the molecule is CC(CCS(C)=O)Nc1ccncc1C(=O)O. The Bertz CT molecular complexity index is 423. The van der Waals surface area contributed by atoms with Gasteiger partial charge in [-0.05, 0) is 19.4 Å². The molecule has 0 aliphatic rings. The maximum absolute atomic E-state index is 11.0. The Hall–Kier alpha value is -1.43. The molecule has 0 aliphatic heterocycles. The molecule has 0 saturated carbocycles. The van der Waals surface area contributed by atoms with Gasteiger partial charge in [0.2, 0.25) is 0 Å². The summed E-state index contributed by atoms with van der Waals surface area (Å²) in [6.07, 6.45) is 5.24. The van der Waals surface area contributed by atoms with Crippen LogP contribution in [-0.2, 0) is 10.8 Å². The Morgan fingerprint density at radius 3 is 2.94 bits per heavy atom. The first-order valence-electron chi connectivity index (χ1n) is 5.24. The Balaban J connectivity index is 2.67. The third-order valence-corrected chi connectivity index (χ3v) is 3.10. The molecule has 17 heavy (non-hydrogen) atoms. The van der Waals surface area contributed by atoms with Gasteiger partial charge in [0.05, 0.1) is 5.69 Å². The van der Waals surface area contributed by atoms with Crippen molar-refractivity contribution in [2.75, 3.05) is 17.3 Å². The molecule has 6 heteroatoms. The number of carbonyl (C=O) groups is 1. The van der Waals surface area contributed by atoms with Crippen LogP contribution in [0.1, 0.15) is 23.7 Å². The smallest absolute Gasteiger partial charge is 0.339 e. The molecular weight excluding hydrogens is 240 g/mol. The van der Waals surface area contributed by atoms with Crippen LogP contribution in [0.2, 0.25) is 0 Å². The van der Waals surface area contributed by atoms with Crippen molar-refractivity contribution in [1.29, 1.82) is 0 Å². The summed E-state index contributed by atoms with van der Waals surface area (Å²) in [6, 6.07) is 1.70. The molecule has 0 amide bonds. The Morgan fingerprint density at radius 2 is 2.35 bits per heavy atom. The van der Waals surface area contributed by atoms with Crippen molar-refractivity contribution in [2.45, 2.75) is 19.4 Å². The van der Waals surface area contributed by atoms with Gasteiger partial charge in [-0.2, -0.15) is 0 Å². The molecule has 94 valence electrons. The molecule has 2 N–H and O–H groups in total. The van der Waals surface area contributed by atoms with Crippen molar-refractivity contribution in [2.24, 2.45) is 0 Å². The number of pyridine rings is 1. The summed E-state index contributed by atoms with van der Waals surface area (Å²) in [6.45, 7) is 1.93. The number of carboxylic acid groups (broad SMARTS) is 1. The van der Waals surface area contributed by atoms with Crippen LogP contribution in [0, 0.1) is 0 Å². The molecule has 5 nitrogen and oxygen atoms in total. The zero-order chi connectivity index (χ0) is 12.8. The standard InChI is InChI=1S/C11H16N2O3S/c1-8(4-6-17(2)16)13-10-3-5-12-7-9(10)11(14)15/h3,5,7-8H,4,6H2,1-2H3,(H,12,13)(H,14,15). The normalized spacial score (nSPS) is 14.0. The Labute approximate surface area is 103 Å². The van der Waals surface area contributed by atoms with Gasteiger partial charge in [-0.1, -0.05) is 0 Å². The van der Waals surface area contributed by atoms with Gasteiger partial charge in [-0.15, -0.1) is 0 Å². The van der Waals surface area contributed by atoms with E-state index >= 15 is 0 Å². The van der Waals surface area contributed by atoms with Crippen LogP contribution in [0.15, 0.2) is 18.5 Å². The summed E-state index contributed by atoms with van der Waals surface area (Å²) in [5.41, 5.74) is 0.693. The van der Waals surface area contributed by atoms with Crippen LogP contribution < -0.4 is 5.32 Å². The maximum Gasteiger partial charge on any atom is 0.339 e. The van der Waals surface area contributed by atoms with Gasteiger partial charge in [-0.3, -0.25) is 9.19 Å². The summed E-state index contributed by atoms with van der Waals surface area (Å²) in [7, 11) is -0.827. The van der Waals surface area contributed by atoms with E-state index in [1.165, 1.54) is 6.20 Å². The lowest BCUT2D eigenvalue weighted by atomic mass is 10.2. The fourth-order valence-corrected chi connectivity index (χ4v) is 2.06. The fraction of sp³-hybridized carbons (Fsp3) is 0.455. The lowest BCUT2D eigenvalue weighted by Crippen LogP contribution is -2.19. The molecule has 1 aromatic rings. The maximum atomic E-state index is 11.0. The molecule has 1 heterocycles. The largest absolute Gasteiger partial charge is 0.478 e. The van der Waals surface area contributed by atoms with Crippen LogP contribution in [0.5, 0.6) is 0 Å². The van der Waals surface area contributed by atoms with Gasteiger partial charge >= 0.3 is 5.97 Å². The number of carboxylic acids is 1. The first-order valence-corrected chi connectivity index (χ1v) is 6.97. The van der Waals surface area contributed by atoms with Crippen molar-refractivity contribution < 1.29 is 14.1 Å². The highest BCUT2D eigenvalue weighted by Crippen LogP contribution is 2.15. The second kappa shape index (κ2) is 6.34. The number of hydrogen-bond acceptors (Lipinski definition) is 4. The molecule has 0 radical (unpaired) electrons. The lowest BCUT2D eigenvalue weighted by molar-refractivity contribution is 0.0697. The predicted octanol–water partition coefficient (Wildman–Crippen LogP) is 1.35. The molecule has 2 unspecified atom stereocenters. The quantitative estimate of drug-likeness (QED) is 0.803. The number of rotatable bonds is 6. The first kappa shape index (κ1) is 13.6. The van der Waals surface area contributed by atoms with Crippen molar-refractivity contribution in [3.63, 3.8) is 0 Å². The van der Waals surface area contributed by atoms with Crippen LogP contribution >= 0.6 is 0 Å². The van der Waals surface area contributed by atoms with Gasteiger partial charge in [0.25, 0.3) is 0 Å². The second-order valence-electron chi connectivity index (χ2n) is 3.84. The topological polar surface area (TPSA) is 79.3 Å². The van der Waals surface area contributed by atoms with Crippen LogP contribution in [0.3, 0.4) is 0 Å². The average molecular weight is 256 g/mol. The van der Waals surface area contributed by atoms with Crippen molar-refractivity contribution in [3.05, 3.63) is 24.0 Å². The number of nitrogens with one attached hydrogen (secondary N) is 1. The van der Waals surface area contributed by atoms with Crippen molar-refractivity contribution >= 4 is 22.5 Å². The molecule has 1 aromatic heterocycles. The fourth-order valence-electron chi connectivity index (χ4n) is 1.37. The van der Waals surface area contributed by atoms with Crippen LogP contribution in [0.4, 0.5) is 5.69 Å². The van der Waals surface area contributed by atoms with Gasteiger partial charge in [0.1, 0.15) is 5.56 Å². The van der Waals surface area contributed by atoms with E-state index in [-0.39, 0.29) is 11.6 Å². The number of nitrogens with zero attached hydrogens (tertiary/aromatic N) is 1. The molecule has 0 spiro atoms. The molecular formula is C11H16N2O3S. The first-order chi connectivity index (χ1) is 8.00. The summed E-state index contributed by atoms with van der Waals surface area (Å²) >= 11 is 0. The number of hydrogen-bond donors (Lipinski definition) is 2. The summed E-state index contributed by atoms with van der Waals surface area (Å²) in [5.74, 6) is -0.409. The molecule has 0 aromatic carbocycles. The van der Waals surface area contributed by atoms with Crippen molar-refractivity contribution in [3.8, 4) is 0 Å². The minimum atomic E-state index is -1.01.